The molecule has 0 bridgehead atoms. The Balaban J connectivity index is 1.62. The third-order valence-electron chi connectivity index (χ3n) is 6.33. The van der Waals surface area contributed by atoms with Gasteiger partial charge in [-0.1, -0.05) is 0 Å². The Labute approximate surface area is 175 Å². The number of aromatic nitrogens is 1. The summed E-state index contributed by atoms with van der Waals surface area (Å²) in [4.78, 5) is 23.4. The molecule has 0 radical (unpaired) electrons. The lowest BCUT2D eigenvalue weighted by molar-refractivity contribution is 0.0525. The number of likely N-dealkylation sites (N-methyl/N-ethyl adjacent to an activating group) is 1. The molecule has 6 nitrogen and oxygen atoms in total. The van der Waals surface area contributed by atoms with Gasteiger partial charge in [0.15, 0.2) is 0 Å². The zero-order valence-electron chi connectivity index (χ0n) is 17.5. The summed E-state index contributed by atoms with van der Waals surface area (Å²) in [6.45, 7) is 6.39. The smallest absolute Gasteiger partial charge is 0.338 e. The highest BCUT2D eigenvalue weighted by atomic mass is 16.5. The van der Waals surface area contributed by atoms with E-state index in [-0.39, 0.29) is 5.97 Å². The van der Waals surface area contributed by atoms with E-state index in [0.717, 1.165) is 33.5 Å². The Hall–Kier alpha value is -3.41. The van der Waals surface area contributed by atoms with Crippen molar-refractivity contribution in [1.82, 2.24) is 4.98 Å². The fraction of sp³-hybridized carbons (Fsp3) is 0.292. The number of fused-ring (bicyclic) bond motifs is 4. The number of anilines is 1. The molecule has 1 aromatic heterocycles. The molecule has 5 rings (SSSR count). The third-order valence-corrected chi connectivity index (χ3v) is 6.33. The highest BCUT2D eigenvalue weighted by Crippen LogP contribution is 2.54. The molecule has 2 aromatic carbocycles. The fourth-order valence-corrected chi connectivity index (χ4v) is 4.60. The van der Waals surface area contributed by atoms with Crippen LogP contribution in [0.5, 0.6) is 5.75 Å². The van der Waals surface area contributed by atoms with Gasteiger partial charge in [-0.05, 0) is 62.7 Å². The van der Waals surface area contributed by atoms with Gasteiger partial charge in [0.1, 0.15) is 11.4 Å². The second kappa shape index (κ2) is 6.29. The number of ether oxygens (including phenoxy) is 2. The fourth-order valence-electron chi connectivity index (χ4n) is 4.60. The molecule has 1 spiro atoms. The zero-order chi connectivity index (χ0) is 21.1. The van der Waals surface area contributed by atoms with Crippen molar-refractivity contribution in [3.8, 4) is 5.75 Å². The van der Waals surface area contributed by atoms with Gasteiger partial charge in [-0.15, -0.1) is 0 Å². The van der Waals surface area contributed by atoms with E-state index in [0.29, 0.717) is 12.2 Å². The lowest BCUT2D eigenvalue weighted by Crippen LogP contribution is -2.61. The predicted molar refractivity (Wildman–Crippen MR) is 117 cm³/mol. The largest absolute Gasteiger partial charge is 0.462 e. The van der Waals surface area contributed by atoms with Crippen molar-refractivity contribution in [2.45, 2.75) is 31.9 Å². The van der Waals surface area contributed by atoms with E-state index in [1.165, 1.54) is 0 Å². The van der Waals surface area contributed by atoms with E-state index in [2.05, 4.69) is 23.7 Å². The summed E-state index contributed by atoms with van der Waals surface area (Å²) >= 11 is 0. The standard InChI is InChI=1S/C24H23N3O3/c1-5-29-22(28)15-6-8-19-18(12-15)23(2,3)24(27(19)4)14-26-21-17-10-11-25-13-16(17)7-9-20(21)30-24/h6-14H,5H2,1-4H3. The minimum absolute atomic E-state index is 0.316. The first-order chi connectivity index (χ1) is 14.4. The van der Waals surface area contributed by atoms with Crippen LogP contribution >= 0.6 is 0 Å². The quantitative estimate of drug-likeness (QED) is 0.586. The predicted octanol–water partition coefficient (Wildman–Crippen LogP) is 4.63. The summed E-state index contributed by atoms with van der Waals surface area (Å²) < 4.78 is 11.9. The first kappa shape index (κ1) is 18.6. The second-order valence-corrected chi connectivity index (χ2v) is 8.20. The third kappa shape index (κ3) is 2.33. The first-order valence-corrected chi connectivity index (χ1v) is 10.1. The molecule has 2 aliphatic rings. The Bertz CT molecular complexity index is 1220. The highest BCUT2D eigenvalue weighted by Gasteiger charge is 2.58. The van der Waals surface area contributed by atoms with E-state index in [9.17, 15) is 4.79 Å². The summed E-state index contributed by atoms with van der Waals surface area (Å²) in [5.74, 6) is 0.415. The lowest BCUT2D eigenvalue weighted by Gasteiger charge is -2.45. The molecular formula is C24H23N3O3. The molecule has 1 atom stereocenters. The van der Waals surface area contributed by atoms with Crippen LogP contribution in [0.25, 0.3) is 10.8 Å². The summed E-state index contributed by atoms with van der Waals surface area (Å²) in [6, 6.07) is 11.6. The zero-order valence-corrected chi connectivity index (χ0v) is 17.5. The van der Waals surface area contributed by atoms with E-state index < -0.39 is 11.1 Å². The van der Waals surface area contributed by atoms with E-state index >= 15 is 0 Å². The molecule has 3 aromatic rings. The Morgan fingerprint density at radius 3 is 2.83 bits per heavy atom. The molecule has 0 saturated carbocycles. The van der Waals surface area contributed by atoms with Crippen LogP contribution in [-0.2, 0) is 10.2 Å². The van der Waals surface area contributed by atoms with Gasteiger partial charge in [0.05, 0.1) is 23.8 Å². The molecule has 1 unspecified atom stereocenters. The summed E-state index contributed by atoms with van der Waals surface area (Å²) in [5, 5.41) is 2.03. The van der Waals surface area contributed by atoms with Gasteiger partial charge in [0, 0.05) is 35.9 Å². The number of benzene rings is 2. The van der Waals surface area contributed by atoms with Gasteiger partial charge >= 0.3 is 5.97 Å². The van der Waals surface area contributed by atoms with Crippen LogP contribution < -0.4 is 9.64 Å². The Kier molecular flexibility index (Phi) is 3.90. The van der Waals surface area contributed by atoms with E-state index in [4.69, 9.17) is 14.5 Å². The monoisotopic (exact) mass is 401 g/mol. The van der Waals surface area contributed by atoms with Crippen LogP contribution in [0.2, 0.25) is 0 Å². The molecule has 3 heterocycles. The molecule has 6 heteroatoms. The number of hydrogen-bond donors (Lipinski definition) is 0. The minimum Gasteiger partial charge on any atom is -0.462 e. The van der Waals surface area contributed by atoms with E-state index in [1.807, 2.05) is 56.7 Å². The number of pyridine rings is 1. The van der Waals surface area contributed by atoms with Gasteiger partial charge in [-0.2, -0.15) is 0 Å². The molecule has 30 heavy (non-hydrogen) atoms. The maximum Gasteiger partial charge on any atom is 0.338 e. The van der Waals surface area contributed by atoms with Crippen molar-refractivity contribution in [1.29, 1.82) is 0 Å². The summed E-state index contributed by atoms with van der Waals surface area (Å²) in [6.07, 6.45) is 5.48. The number of aliphatic imine (C=N–C) groups is 1. The summed E-state index contributed by atoms with van der Waals surface area (Å²) in [7, 11) is 2.00. The topological polar surface area (TPSA) is 64.0 Å². The molecule has 0 fully saturated rings. The second-order valence-electron chi connectivity index (χ2n) is 8.20. The molecule has 0 N–H and O–H groups in total. The van der Waals surface area contributed by atoms with Crippen LogP contribution in [-0.4, -0.2) is 36.5 Å². The van der Waals surface area contributed by atoms with Crippen LogP contribution in [0.3, 0.4) is 0 Å². The molecule has 0 aliphatic carbocycles. The van der Waals surface area contributed by atoms with Gasteiger partial charge in [0.2, 0.25) is 5.72 Å². The van der Waals surface area contributed by atoms with Gasteiger partial charge in [-0.3, -0.25) is 9.98 Å². The molecule has 2 aliphatic heterocycles. The van der Waals surface area contributed by atoms with Gasteiger partial charge in [-0.25, -0.2) is 4.79 Å². The van der Waals surface area contributed by atoms with Crippen LogP contribution in [0.4, 0.5) is 11.4 Å². The molecule has 0 saturated heterocycles. The Morgan fingerprint density at radius 2 is 2.03 bits per heavy atom. The average molecular weight is 401 g/mol. The number of esters is 1. The van der Waals surface area contributed by atoms with Crippen molar-refractivity contribution in [3.63, 3.8) is 0 Å². The van der Waals surface area contributed by atoms with Gasteiger partial charge < -0.3 is 14.4 Å². The molecule has 152 valence electrons. The minimum atomic E-state index is -0.809. The van der Waals surface area contributed by atoms with Crippen LogP contribution in [0.15, 0.2) is 53.8 Å². The van der Waals surface area contributed by atoms with Gasteiger partial charge in [0.25, 0.3) is 0 Å². The number of rotatable bonds is 2. The lowest BCUT2D eigenvalue weighted by atomic mass is 9.77. The number of carbonyl (C=O) groups excluding carboxylic acids is 1. The highest BCUT2D eigenvalue weighted by molar-refractivity contribution is 5.99. The maximum atomic E-state index is 12.3. The SMILES string of the molecule is CCOC(=O)c1ccc2c(c1)C(C)(C)C1(C=Nc3c(ccc4cnccc34)O1)N2C. The molecule has 0 amide bonds. The average Bonchev–Trinajstić information content (AvgIpc) is 2.91. The first-order valence-electron chi connectivity index (χ1n) is 10.1. The van der Waals surface area contributed by atoms with Crippen LogP contribution in [0, 0.1) is 0 Å². The number of nitrogens with zero attached hydrogens (tertiary/aromatic N) is 3. The van der Waals surface area contributed by atoms with Crippen molar-refractivity contribution in [2.75, 3.05) is 18.6 Å². The summed E-state index contributed by atoms with van der Waals surface area (Å²) in [5.41, 5.74) is 2.11. The van der Waals surface area contributed by atoms with E-state index in [1.54, 1.807) is 12.3 Å². The van der Waals surface area contributed by atoms with Crippen molar-refractivity contribution < 1.29 is 14.3 Å². The Morgan fingerprint density at radius 1 is 1.20 bits per heavy atom. The number of hydrogen-bond acceptors (Lipinski definition) is 6. The maximum absolute atomic E-state index is 12.3. The van der Waals surface area contributed by atoms with Crippen molar-refractivity contribution in [3.05, 3.63) is 59.9 Å². The van der Waals surface area contributed by atoms with Crippen molar-refractivity contribution in [2.24, 2.45) is 4.99 Å². The normalized spacial score (nSPS) is 20.7. The number of carbonyl (C=O) groups is 1. The van der Waals surface area contributed by atoms with Crippen molar-refractivity contribution >= 4 is 34.3 Å². The van der Waals surface area contributed by atoms with Crippen LogP contribution in [0.1, 0.15) is 36.7 Å². The molecular weight excluding hydrogens is 378 g/mol.